The van der Waals surface area contributed by atoms with E-state index in [-0.39, 0.29) is 28.7 Å². The summed E-state index contributed by atoms with van der Waals surface area (Å²) in [7, 11) is 0. The zero-order valence-electron chi connectivity index (χ0n) is 19.2. The van der Waals surface area contributed by atoms with Gasteiger partial charge in [-0.2, -0.15) is 0 Å². The molecule has 0 bridgehead atoms. The van der Waals surface area contributed by atoms with Gasteiger partial charge in [0.15, 0.2) is 0 Å². The molecule has 31 heavy (non-hydrogen) atoms. The van der Waals surface area contributed by atoms with Crippen LogP contribution in [0.3, 0.4) is 0 Å². The van der Waals surface area contributed by atoms with E-state index in [0.29, 0.717) is 0 Å². The van der Waals surface area contributed by atoms with E-state index in [2.05, 4.69) is 20.8 Å². The molecule has 2 amide bonds. The van der Waals surface area contributed by atoms with Crippen LogP contribution in [-0.2, 0) is 9.53 Å². The molecule has 0 spiro atoms. The Morgan fingerprint density at radius 2 is 1.94 bits per heavy atom. The molecule has 0 aliphatic rings. The fraction of sp³-hybridized carbons (Fsp3) is 0.545. The van der Waals surface area contributed by atoms with Gasteiger partial charge in [-0.1, -0.05) is 44.2 Å². The molecule has 1 heterocycles. The average molecular weight is 449 g/mol. The lowest BCUT2D eigenvalue weighted by Gasteiger charge is -2.24. The number of rotatable bonds is 8. The van der Waals surface area contributed by atoms with E-state index >= 15 is 0 Å². The summed E-state index contributed by atoms with van der Waals surface area (Å²) in [5.74, 6) is 0.308. The number of benzene rings is 1. The molecule has 0 saturated heterocycles. The first-order valence-electron chi connectivity index (χ1n) is 10.3. The molecule has 2 atom stereocenters. The number of hydrogen-bond acceptors (Lipinski definition) is 7. The largest absolute Gasteiger partial charge is 0.444 e. The second-order valence-corrected chi connectivity index (χ2v) is 9.43. The number of nitrogens with one attached hydrogen (secondary N) is 2. The Kier molecular flexibility index (Phi) is 8.50. The molecule has 0 aliphatic carbocycles. The van der Waals surface area contributed by atoms with Crippen LogP contribution >= 0.6 is 11.8 Å². The van der Waals surface area contributed by atoms with Gasteiger partial charge in [-0.3, -0.25) is 4.79 Å². The summed E-state index contributed by atoms with van der Waals surface area (Å²) in [6, 6.07) is 5.29. The third-order valence-electron chi connectivity index (χ3n) is 4.78. The van der Waals surface area contributed by atoms with Gasteiger partial charge in [0.2, 0.25) is 11.8 Å². The second kappa shape index (κ2) is 10.7. The summed E-state index contributed by atoms with van der Waals surface area (Å²) in [6.45, 7) is 13.4. The molecule has 170 valence electrons. The number of aryl methyl sites for hydroxylation is 1. The predicted octanol–water partition coefficient (Wildman–Crippen LogP) is 5.03. The van der Waals surface area contributed by atoms with Crippen molar-refractivity contribution in [2.24, 2.45) is 5.92 Å². The second-order valence-electron chi connectivity index (χ2n) is 8.50. The van der Waals surface area contributed by atoms with Crippen molar-refractivity contribution in [1.29, 1.82) is 0 Å². The van der Waals surface area contributed by atoms with Gasteiger partial charge in [0.05, 0.1) is 5.75 Å². The highest BCUT2D eigenvalue weighted by atomic mass is 32.2. The molecule has 1 aromatic carbocycles. The normalized spacial score (nSPS) is 13.4. The third kappa shape index (κ3) is 7.57. The maximum atomic E-state index is 12.3. The Balaban J connectivity index is 2.00. The fourth-order valence-electron chi connectivity index (χ4n) is 2.72. The summed E-state index contributed by atoms with van der Waals surface area (Å²) in [4.78, 5) is 24.6. The van der Waals surface area contributed by atoms with Crippen molar-refractivity contribution in [3.05, 3.63) is 35.2 Å². The highest BCUT2D eigenvalue weighted by molar-refractivity contribution is 7.99. The lowest BCUT2D eigenvalue weighted by atomic mass is 9.99. The van der Waals surface area contributed by atoms with E-state index in [0.717, 1.165) is 35.0 Å². The van der Waals surface area contributed by atoms with Gasteiger partial charge < -0.3 is 19.8 Å². The number of thioether (sulfide) groups is 1. The average Bonchev–Trinajstić information content (AvgIpc) is 3.15. The van der Waals surface area contributed by atoms with Gasteiger partial charge in [0.25, 0.3) is 5.22 Å². The van der Waals surface area contributed by atoms with Crippen LogP contribution in [0.1, 0.15) is 64.1 Å². The van der Waals surface area contributed by atoms with E-state index < -0.39 is 17.7 Å². The Morgan fingerprint density at radius 1 is 1.23 bits per heavy atom. The van der Waals surface area contributed by atoms with Gasteiger partial charge in [0, 0.05) is 5.69 Å². The van der Waals surface area contributed by atoms with Crippen LogP contribution in [-0.4, -0.2) is 33.6 Å². The number of alkyl carbamates (subject to hydrolysis) is 1. The minimum atomic E-state index is -0.608. The monoisotopic (exact) mass is 448 g/mol. The van der Waals surface area contributed by atoms with Crippen molar-refractivity contribution >= 4 is 29.4 Å². The standard InChI is InChI=1S/C22H32N4O4S/c1-8-13(2)18(24-20(28)30-22(5,6)7)19-25-26-21(29-19)31-12-17(27)23-16-11-9-10-14(3)15(16)4/h9-11,13,18H,8,12H2,1-7H3,(H,23,27)(H,24,28)/t13-,18+/m0/s1. The lowest BCUT2D eigenvalue weighted by molar-refractivity contribution is -0.113. The Hall–Kier alpha value is -2.55. The number of nitrogens with zero attached hydrogens (tertiary/aromatic N) is 2. The van der Waals surface area contributed by atoms with Crippen LogP contribution in [0.15, 0.2) is 27.8 Å². The van der Waals surface area contributed by atoms with Crippen LogP contribution in [0.5, 0.6) is 0 Å². The van der Waals surface area contributed by atoms with Gasteiger partial charge >= 0.3 is 6.09 Å². The molecule has 9 heteroatoms. The number of anilines is 1. The first-order chi connectivity index (χ1) is 14.5. The van der Waals surface area contributed by atoms with E-state index in [1.807, 2.05) is 45.9 Å². The molecule has 2 rings (SSSR count). The van der Waals surface area contributed by atoms with E-state index in [1.54, 1.807) is 20.8 Å². The molecule has 8 nitrogen and oxygen atoms in total. The third-order valence-corrected chi connectivity index (χ3v) is 5.60. The van der Waals surface area contributed by atoms with Crippen molar-refractivity contribution in [1.82, 2.24) is 15.5 Å². The van der Waals surface area contributed by atoms with Crippen molar-refractivity contribution in [2.45, 2.75) is 71.8 Å². The van der Waals surface area contributed by atoms with Gasteiger partial charge in [-0.15, -0.1) is 10.2 Å². The lowest BCUT2D eigenvalue weighted by Crippen LogP contribution is -2.37. The molecule has 0 unspecified atom stereocenters. The van der Waals surface area contributed by atoms with Crippen molar-refractivity contribution in [3.63, 3.8) is 0 Å². The number of carbonyl (C=O) groups is 2. The highest BCUT2D eigenvalue weighted by Gasteiger charge is 2.28. The first kappa shape index (κ1) is 24.7. The van der Waals surface area contributed by atoms with Crippen molar-refractivity contribution < 1.29 is 18.7 Å². The summed E-state index contributed by atoms with van der Waals surface area (Å²) >= 11 is 1.15. The molecular weight excluding hydrogens is 416 g/mol. The zero-order valence-corrected chi connectivity index (χ0v) is 20.1. The smallest absolute Gasteiger partial charge is 0.408 e. The van der Waals surface area contributed by atoms with Crippen LogP contribution in [0.25, 0.3) is 0 Å². The van der Waals surface area contributed by atoms with Crippen LogP contribution in [0, 0.1) is 19.8 Å². The zero-order chi connectivity index (χ0) is 23.2. The molecule has 0 fully saturated rings. The molecule has 1 aromatic heterocycles. The number of hydrogen-bond donors (Lipinski definition) is 2. The van der Waals surface area contributed by atoms with E-state index in [1.165, 1.54) is 0 Å². The maximum Gasteiger partial charge on any atom is 0.408 e. The van der Waals surface area contributed by atoms with Crippen LogP contribution in [0.4, 0.5) is 10.5 Å². The molecule has 2 N–H and O–H groups in total. The predicted molar refractivity (Wildman–Crippen MR) is 121 cm³/mol. The SMILES string of the molecule is CC[C@H](C)[C@@H](NC(=O)OC(C)(C)C)c1nnc(SCC(=O)Nc2cccc(C)c2C)o1. The molecule has 0 radical (unpaired) electrons. The Labute approximate surface area is 187 Å². The van der Waals surface area contributed by atoms with Crippen LogP contribution < -0.4 is 10.6 Å². The summed E-state index contributed by atoms with van der Waals surface area (Å²) in [5.41, 5.74) is 2.32. The Bertz CT molecular complexity index is 907. The number of carbonyl (C=O) groups excluding carboxylic acids is 2. The highest BCUT2D eigenvalue weighted by Crippen LogP contribution is 2.27. The van der Waals surface area contributed by atoms with Crippen LogP contribution in [0.2, 0.25) is 0 Å². The molecule has 2 aromatic rings. The first-order valence-corrected chi connectivity index (χ1v) is 11.3. The minimum Gasteiger partial charge on any atom is -0.444 e. The van der Waals surface area contributed by atoms with E-state index in [9.17, 15) is 9.59 Å². The summed E-state index contributed by atoms with van der Waals surface area (Å²) in [5, 5.41) is 14.1. The van der Waals surface area contributed by atoms with Gasteiger partial charge in [-0.05, 0) is 57.7 Å². The molecular formula is C22H32N4O4S. The topological polar surface area (TPSA) is 106 Å². The molecule has 0 saturated carbocycles. The van der Waals surface area contributed by atoms with Crippen molar-refractivity contribution in [2.75, 3.05) is 11.1 Å². The molecule has 0 aliphatic heterocycles. The number of aromatic nitrogens is 2. The number of ether oxygens (including phenoxy) is 1. The quantitative estimate of drug-likeness (QED) is 0.546. The minimum absolute atomic E-state index is 0.0541. The summed E-state index contributed by atoms with van der Waals surface area (Å²) < 4.78 is 11.1. The Morgan fingerprint density at radius 3 is 2.58 bits per heavy atom. The van der Waals surface area contributed by atoms with Gasteiger partial charge in [-0.25, -0.2) is 4.79 Å². The van der Waals surface area contributed by atoms with E-state index in [4.69, 9.17) is 9.15 Å². The maximum absolute atomic E-state index is 12.3. The number of amides is 2. The summed E-state index contributed by atoms with van der Waals surface area (Å²) in [6.07, 6.45) is 0.252. The van der Waals surface area contributed by atoms with Crippen molar-refractivity contribution in [3.8, 4) is 0 Å². The van der Waals surface area contributed by atoms with Gasteiger partial charge in [0.1, 0.15) is 11.6 Å². The fourth-order valence-corrected chi connectivity index (χ4v) is 3.29.